The van der Waals surface area contributed by atoms with Gasteiger partial charge in [0, 0.05) is 18.0 Å². The van der Waals surface area contributed by atoms with Gasteiger partial charge in [-0.25, -0.2) is 0 Å². The number of benzene rings is 1. The van der Waals surface area contributed by atoms with Crippen molar-refractivity contribution in [3.8, 4) is 0 Å². The highest BCUT2D eigenvalue weighted by atomic mass is 32.1. The lowest BCUT2D eigenvalue weighted by molar-refractivity contribution is -0.131. The molecule has 1 fully saturated rings. The van der Waals surface area contributed by atoms with Gasteiger partial charge < -0.3 is 10.2 Å². The molecule has 2 heterocycles. The van der Waals surface area contributed by atoms with E-state index in [4.69, 9.17) is 0 Å². The molecule has 2 N–H and O–H groups in total. The van der Waals surface area contributed by atoms with Crippen LogP contribution in [-0.4, -0.2) is 42.9 Å². The molecule has 0 spiro atoms. The van der Waals surface area contributed by atoms with Crippen LogP contribution in [0, 0.1) is 0 Å². The number of thiophene rings is 1. The summed E-state index contributed by atoms with van der Waals surface area (Å²) in [5.74, 6) is -0.153. The fourth-order valence-corrected chi connectivity index (χ4v) is 4.12. The zero-order valence-corrected chi connectivity index (χ0v) is 16.6. The van der Waals surface area contributed by atoms with Crippen molar-refractivity contribution < 1.29 is 9.59 Å². The second kappa shape index (κ2) is 9.67. The Balaban J connectivity index is 1.56. The number of nitrogens with zero attached hydrogens (tertiary/aromatic N) is 1. The summed E-state index contributed by atoms with van der Waals surface area (Å²) in [6, 6.07) is 12.6. The van der Waals surface area contributed by atoms with Crippen molar-refractivity contribution in [2.45, 2.75) is 32.2 Å². The van der Waals surface area contributed by atoms with Crippen molar-refractivity contribution in [1.29, 1.82) is 0 Å². The molecule has 0 radical (unpaired) electrons. The van der Waals surface area contributed by atoms with Crippen molar-refractivity contribution in [3.05, 3.63) is 57.8 Å². The highest BCUT2D eigenvalue weighted by Crippen LogP contribution is 2.26. The maximum Gasteiger partial charge on any atom is 0.241 e. The monoisotopic (exact) mass is 385 g/mol. The topological polar surface area (TPSA) is 61.4 Å². The van der Waals surface area contributed by atoms with Gasteiger partial charge in [-0.05, 0) is 41.8 Å². The second-order valence-corrected chi connectivity index (χ2v) is 7.77. The third-order valence-electron chi connectivity index (χ3n) is 4.91. The molecule has 0 aliphatic carbocycles. The van der Waals surface area contributed by atoms with E-state index in [2.05, 4.69) is 47.9 Å². The van der Waals surface area contributed by atoms with E-state index in [9.17, 15) is 9.59 Å². The summed E-state index contributed by atoms with van der Waals surface area (Å²) in [4.78, 5) is 27.3. The maximum absolute atomic E-state index is 12.2. The fourth-order valence-electron chi connectivity index (χ4n) is 3.29. The minimum absolute atomic E-state index is 0.00538. The molecular formula is C21H27N3O2S. The summed E-state index contributed by atoms with van der Waals surface area (Å²) >= 11 is 1.67. The Bertz CT molecular complexity index is 737. The summed E-state index contributed by atoms with van der Waals surface area (Å²) in [6.07, 6.45) is 3.12. The molecule has 2 aromatic rings. The summed E-state index contributed by atoms with van der Waals surface area (Å²) in [5.41, 5.74) is 2.43. The molecular weight excluding hydrogens is 358 g/mol. The molecule has 27 heavy (non-hydrogen) atoms. The van der Waals surface area contributed by atoms with Crippen LogP contribution in [0.3, 0.4) is 0 Å². The van der Waals surface area contributed by atoms with E-state index in [1.54, 1.807) is 11.3 Å². The molecule has 144 valence electrons. The Kier molecular flexibility index (Phi) is 7.01. The molecule has 1 aliphatic heterocycles. The zero-order valence-electron chi connectivity index (χ0n) is 15.7. The Morgan fingerprint density at radius 1 is 1.11 bits per heavy atom. The Morgan fingerprint density at radius 2 is 1.85 bits per heavy atom. The van der Waals surface area contributed by atoms with Crippen LogP contribution in [0.15, 0.2) is 41.8 Å². The molecule has 0 bridgehead atoms. The van der Waals surface area contributed by atoms with Crippen molar-refractivity contribution in [3.63, 3.8) is 0 Å². The molecule has 1 saturated heterocycles. The van der Waals surface area contributed by atoms with Gasteiger partial charge in [0.1, 0.15) is 0 Å². The van der Waals surface area contributed by atoms with Gasteiger partial charge in [-0.3, -0.25) is 14.9 Å². The first kappa shape index (κ1) is 19.6. The molecule has 1 aliphatic rings. The molecule has 6 heteroatoms. The Hall–Kier alpha value is -2.18. The number of aryl methyl sites for hydroxylation is 1. The van der Waals surface area contributed by atoms with Gasteiger partial charge in [-0.2, -0.15) is 0 Å². The van der Waals surface area contributed by atoms with Crippen LogP contribution in [-0.2, 0) is 16.0 Å². The number of likely N-dealkylation sites (tertiary alicyclic amines) is 1. The van der Waals surface area contributed by atoms with E-state index in [-0.39, 0.29) is 30.9 Å². The van der Waals surface area contributed by atoms with Crippen molar-refractivity contribution in [2.75, 3.05) is 26.2 Å². The molecule has 1 aromatic heterocycles. The van der Waals surface area contributed by atoms with E-state index in [1.807, 2.05) is 16.3 Å². The lowest BCUT2D eigenvalue weighted by atomic mass is 10.0. The largest absolute Gasteiger partial charge is 0.346 e. The minimum atomic E-state index is -0.158. The van der Waals surface area contributed by atoms with Crippen molar-refractivity contribution in [1.82, 2.24) is 15.5 Å². The number of carbonyl (C=O) groups excluding carboxylic acids is 2. The summed E-state index contributed by atoms with van der Waals surface area (Å²) in [5, 5.41) is 8.12. The maximum atomic E-state index is 12.2. The highest BCUT2D eigenvalue weighted by molar-refractivity contribution is 7.10. The summed E-state index contributed by atoms with van der Waals surface area (Å²) in [6.45, 7) is 4.00. The van der Waals surface area contributed by atoms with Gasteiger partial charge in [0.25, 0.3) is 0 Å². The smallest absolute Gasteiger partial charge is 0.241 e. The van der Waals surface area contributed by atoms with Crippen LogP contribution >= 0.6 is 11.3 Å². The number of hydrogen-bond donors (Lipinski definition) is 2. The normalized spacial score (nSPS) is 14.9. The van der Waals surface area contributed by atoms with E-state index in [0.717, 1.165) is 37.9 Å². The SMILES string of the molecule is CCc1ccc(C(NCC(=O)NCC(=O)N2CCCC2)c2cccs2)cc1. The van der Waals surface area contributed by atoms with Crippen LogP contribution in [0.5, 0.6) is 0 Å². The van der Waals surface area contributed by atoms with Gasteiger partial charge in [-0.15, -0.1) is 11.3 Å². The van der Waals surface area contributed by atoms with E-state index < -0.39 is 0 Å². The molecule has 1 unspecified atom stereocenters. The van der Waals surface area contributed by atoms with E-state index >= 15 is 0 Å². The molecule has 2 amide bonds. The van der Waals surface area contributed by atoms with E-state index in [0.29, 0.717) is 0 Å². The van der Waals surface area contributed by atoms with Crippen LogP contribution in [0.25, 0.3) is 0 Å². The first-order valence-corrected chi connectivity index (χ1v) is 10.5. The van der Waals surface area contributed by atoms with Gasteiger partial charge in [0.15, 0.2) is 0 Å². The average Bonchev–Trinajstić information content (AvgIpc) is 3.41. The summed E-state index contributed by atoms with van der Waals surface area (Å²) < 4.78 is 0. The molecule has 1 atom stereocenters. The van der Waals surface area contributed by atoms with Crippen LogP contribution in [0.1, 0.15) is 41.8 Å². The van der Waals surface area contributed by atoms with Crippen LogP contribution in [0.4, 0.5) is 0 Å². The lowest BCUT2D eigenvalue weighted by Gasteiger charge is -2.19. The molecule has 0 saturated carbocycles. The Labute approximate surface area is 164 Å². The van der Waals surface area contributed by atoms with Gasteiger partial charge >= 0.3 is 0 Å². The molecule has 5 nitrogen and oxygen atoms in total. The number of hydrogen-bond acceptors (Lipinski definition) is 4. The average molecular weight is 386 g/mol. The van der Waals surface area contributed by atoms with Crippen molar-refractivity contribution in [2.24, 2.45) is 0 Å². The van der Waals surface area contributed by atoms with Gasteiger partial charge in [0.2, 0.25) is 11.8 Å². The van der Waals surface area contributed by atoms with Gasteiger partial charge in [0.05, 0.1) is 19.1 Å². The zero-order chi connectivity index (χ0) is 19.1. The predicted molar refractivity (Wildman–Crippen MR) is 109 cm³/mol. The Morgan fingerprint density at radius 3 is 2.48 bits per heavy atom. The predicted octanol–water partition coefficient (Wildman–Crippen LogP) is 2.73. The van der Waals surface area contributed by atoms with Crippen LogP contribution in [0.2, 0.25) is 0 Å². The highest BCUT2D eigenvalue weighted by Gasteiger charge is 2.19. The molecule has 1 aromatic carbocycles. The third-order valence-corrected chi connectivity index (χ3v) is 5.85. The quantitative estimate of drug-likeness (QED) is 0.735. The van der Waals surface area contributed by atoms with E-state index in [1.165, 1.54) is 10.4 Å². The first-order valence-electron chi connectivity index (χ1n) is 9.57. The standard InChI is InChI=1S/C21H27N3O2S/c1-2-16-7-9-17(10-8-16)21(18-6-5-13-27-18)23-14-19(25)22-15-20(26)24-11-3-4-12-24/h5-10,13,21,23H,2-4,11-12,14-15H2,1H3,(H,22,25). The van der Waals surface area contributed by atoms with Gasteiger partial charge in [-0.1, -0.05) is 37.3 Å². The molecule has 3 rings (SSSR count). The first-order chi connectivity index (χ1) is 13.2. The number of rotatable bonds is 8. The minimum Gasteiger partial charge on any atom is -0.346 e. The number of carbonyl (C=O) groups is 2. The number of amides is 2. The van der Waals surface area contributed by atoms with Crippen molar-refractivity contribution >= 4 is 23.2 Å². The third kappa shape index (κ3) is 5.40. The second-order valence-electron chi connectivity index (χ2n) is 6.79. The number of nitrogens with one attached hydrogen (secondary N) is 2. The summed E-state index contributed by atoms with van der Waals surface area (Å²) in [7, 11) is 0. The fraction of sp³-hybridized carbons (Fsp3) is 0.429. The lowest BCUT2D eigenvalue weighted by Crippen LogP contribution is -2.42. The van der Waals surface area contributed by atoms with Crippen LogP contribution < -0.4 is 10.6 Å².